The number of carbonyl (C=O) groups excluding carboxylic acids is 1. The maximum absolute atomic E-state index is 12.4. The smallest absolute Gasteiger partial charge is 0.231 e. The molecule has 2 N–H and O–H groups in total. The van der Waals surface area contributed by atoms with Crippen LogP contribution >= 0.6 is 0 Å². The van der Waals surface area contributed by atoms with Crippen LogP contribution in [0.4, 0.5) is 0 Å². The fraction of sp³-hybridized carbons (Fsp3) is 0.500. The normalized spacial score (nSPS) is 16.6. The molecule has 3 heteroatoms. The van der Waals surface area contributed by atoms with Gasteiger partial charge in [-0.3, -0.25) is 4.79 Å². The molecule has 2 rings (SSSR count). The molecule has 0 heterocycles. The molecule has 0 aromatic heterocycles. The first kappa shape index (κ1) is 12.1. The fourth-order valence-electron chi connectivity index (χ4n) is 2.25. The van der Waals surface area contributed by atoms with Gasteiger partial charge in [0.15, 0.2) is 0 Å². The van der Waals surface area contributed by atoms with E-state index in [4.69, 9.17) is 5.73 Å². The SMILES string of the molecule is CCN(C(=O)C(CN)c1ccccc1)C1CC1. The minimum Gasteiger partial charge on any atom is -0.339 e. The lowest BCUT2D eigenvalue weighted by Gasteiger charge is -2.25. The highest BCUT2D eigenvalue weighted by molar-refractivity contribution is 5.84. The molecule has 1 fully saturated rings. The van der Waals surface area contributed by atoms with Gasteiger partial charge in [-0.25, -0.2) is 0 Å². The molecular weight excluding hydrogens is 212 g/mol. The Bertz CT molecular complexity index is 373. The van der Waals surface area contributed by atoms with E-state index in [2.05, 4.69) is 0 Å². The van der Waals surface area contributed by atoms with Crippen molar-refractivity contribution in [3.63, 3.8) is 0 Å². The van der Waals surface area contributed by atoms with Crippen LogP contribution in [-0.4, -0.2) is 29.9 Å². The van der Waals surface area contributed by atoms with Crippen molar-refractivity contribution in [3.05, 3.63) is 35.9 Å². The predicted octanol–water partition coefficient (Wildman–Crippen LogP) is 1.74. The lowest BCUT2D eigenvalue weighted by atomic mass is 9.97. The minimum atomic E-state index is -0.184. The first-order valence-electron chi connectivity index (χ1n) is 6.33. The molecule has 0 spiro atoms. The number of nitrogens with zero attached hydrogens (tertiary/aromatic N) is 1. The van der Waals surface area contributed by atoms with Crippen LogP contribution in [0.2, 0.25) is 0 Å². The van der Waals surface area contributed by atoms with Gasteiger partial charge in [0.25, 0.3) is 0 Å². The quantitative estimate of drug-likeness (QED) is 0.840. The van der Waals surface area contributed by atoms with Crippen LogP contribution in [0.1, 0.15) is 31.2 Å². The van der Waals surface area contributed by atoms with Crippen LogP contribution in [0.25, 0.3) is 0 Å². The van der Waals surface area contributed by atoms with Gasteiger partial charge in [-0.1, -0.05) is 30.3 Å². The van der Waals surface area contributed by atoms with E-state index in [1.54, 1.807) is 0 Å². The Morgan fingerprint density at radius 1 is 1.41 bits per heavy atom. The van der Waals surface area contributed by atoms with Crippen LogP contribution < -0.4 is 5.73 Å². The molecule has 3 nitrogen and oxygen atoms in total. The summed E-state index contributed by atoms with van der Waals surface area (Å²) in [6.07, 6.45) is 2.29. The zero-order valence-electron chi connectivity index (χ0n) is 10.3. The van der Waals surface area contributed by atoms with Crippen molar-refractivity contribution in [1.29, 1.82) is 0 Å². The van der Waals surface area contributed by atoms with Crippen LogP contribution in [0.15, 0.2) is 30.3 Å². The van der Waals surface area contributed by atoms with Crippen molar-refractivity contribution >= 4 is 5.91 Å². The molecule has 1 aromatic rings. The lowest BCUT2D eigenvalue weighted by molar-refractivity contribution is -0.133. The van der Waals surface area contributed by atoms with Gasteiger partial charge >= 0.3 is 0 Å². The van der Waals surface area contributed by atoms with Crippen molar-refractivity contribution in [3.8, 4) is 0 Å². The molecule has 0 aliphatic heterocycles. The van der Waals surface area contributed by atoms with Gasteiger partial charge in [-0.2, -0.15) is 0 Å². The van der Waals surface area contributed by atoms with Crippen molar-refractivity contribution in [1.82, 2.24) is 4.90 Å². The molecular formula is C14H20N2O. The van der Waals surface area contributed by atoms with Gasteiger partial charge in [-0.15, -0.1) is 0 Å². The average molecular weight is 232 g/mol. The fourth-order valence-corrected chi connectivity index (χ4v) is 2.25. The van der Waals surface area contributed by atoms with Crippen LogP contribution in [-0.2, 0) is 4.79 Å². The van der Waals surface area contributed by atoms with Gasteiger partial charge in [0.05, 0.1) is 5.92 Å². The van der Waals surface area contributed by atoms with Gasteiger partial charge in [-0.05, 0) is 25.3 Å². The van der Waals surface area contributed by atoms with E-state index in [1.165, 1.54) is 0 Å². The second-order valence-electron chi connectivity index (χ2n) is 4.55. The Balaban J connectivity index is 2.15. The molecule has 1 atom stereocenters. The summed E-state index contributed by atoms with van der Waals surface area (Å²) in [5.41, 5.74) is 6.80. The van der Waals surface area contributed by atoms with E-state index < -0.39 is 0 Å². The molecule has 1 saturated carbocycles. The molecule has 1 unspecified atom stereocenters. The standard InChI is InChI=1S/C14H20N2O/c1-2-16(12-8-9-12)14(17)13(10-15)11-6-4-3-5-7-11/h3-7,12-13H,2,8-10,15H2,1H3. The van der Waals surface area contributed by atoms with E-state index >= 15 is 0 Å². The number of benzene rings is 1. The van der Waals surface area contributed by atoms with Crippen LogP contribution in [0.5, 0.6) is 0 Å². The number of rotatable bonds is 5. The second kappa shape index (κ2) is 5.32. The molecule has 92 valence electrons. The summed E-state index contributed by atoms with van der Waals surface area (Å²) >= 11 is 0. The number of hydrogen-bond acceptors (Lipinski definition) is 2. The first-order valence-corrected chi connectivity index (χ1v) is 6.33. The highest BCUT2D eigenvalue weighted by Crippen LogP contribution is 2.29. The summed E-state index contributed by atoms with van der Waals surface area (Å²) in [6.45, 7) is 3.20. The molecule has 17 heavy (non-hydrogen) atoms. The third-order valence-corrected chi connectivity index (χ3v) is 3.35. The zero-order valence-corrected chi connectivity index (χ0v) is 10.3. The van der Waals surface area contributed by atoms with Crippen molar-refractivity contribution in [2.75, 3.05) is 13.1 Å². The van der Waals surface area contributed by atoms with Gasteiger partial charge in [0, 0.05) is 19.1 Å². The summed E-state index contributed by atoms with van der Waals surface area (Å²) < 4.78 is 0. The topological polar surface area (TPSA) is 46.3 Å². The zero-order chi connectivity index (χ0) is 12.3. The van der Waals surface area contributed by atoms with E-state index in [9.17, 15) is 4.79 Å². The molecule has 0 saturated heterocycles. The highest BCUT2D eigenvalue weighted by Gasteiger charge is 2.34. The van der Waals surface area contributed by atoms with Crippen molar-refractivity contribution < 1.29 is 4.79 Å². The van der Waals surface area contributed by atoms with Crippen LogP contribution in [0.3, 0.4) is 0 Å². The Morgan fingerprint density at radius 3 is 2.53 bits per heavy atom. The Morgan fingerprint density at radius 2 is 2.06 bits per heavy atom. The highest BCUT2D eigenvalue weighted by atomic mass is 16.2. The van der Waals surface area contributed by atoms with Crippen LogP contribution in [0, 0.1) is 0 Å². The van der Waals surface area contributed by atoms with E-state index in [1.807, 2.05) is 42.2 Å². The second-order valence-corrected chi connectivity index (χ2v) is 4.55. The molecule has 1 aliphatic rings. The van der Waals surface area contributed by atoms with Gasteiger partial charge in [0.1, 0.15) is 0 Å². The van der Waals surface area contributed by atoms with Crippen molar-refractivity contribution in [2.45, 2.75) is 31.7 Å². The Kier molecular flexibility index (Phi) is 3.79. The maximum atomic E-state index is 12.4. The summed E-state index contributed by atoms with van der Waals surface area (Å²) in [7, 11) is 0. The average Bonchev–Trinajstić information content (AvgIpc) is 3.17. The van der Waals surface area contributed by atoms with Gasteiger partial charge < -0.3 is 10.6 Å². The Hall–Kier alpha value is -1.35. The molecule has 0 bridgehead atoms. The van der Waals surface area contributed by atoms with Crippen molar-refractivity contribution in [2.24, 2.45) is 5.73 Å². The van der Waals surface area contributed by atoms with E-state index in [0.29, 0.717) is 12.6 Å². The Labute approximate surface area is 103 Å². The molecule has 1 aromatic carbocycles. The number of hydrogen-bond donors (Lipinski definition) is 1. The summed E-state index contributed by atoms with van der Waals surface area (Å²) in [4.78, 5) is 14.4. The maximum Gasteiger partial charge on any atom is 0.231 e. The predicted molar refractivity (Wildman–Crippen MR) is 68.6 cm³/mol. The number of nitrogens with two attached hydrogens (primary N) is 1. The minimum absolute atomic E-state index is 0.184. The third-order valence-electron chi connectivity index (χ3n) is 3.35. The largest absolute Gasteiger partial charge is 0.339 e. The first-order chi connectivity index (χ1) is 8.27. The molecule has 1 amide bonds. The summed E-state index contributed by atoms with van der Waals surface area (Å²) in [5, 5.41) is 0. The summed E-state index contributed by atoms with van der Waals surface area (Å²) in [6, 6.07) is 10.3. The summed E-state index contributed by atoms with van der Waals surface area (Å²) in [5.74, 6) is 0.000417. The number of amides is 1. The van der Waals surface area contributed by atoms with E-state index in [-0.39, 0.29) is 11.8 Å². The van der Waals surface area contributed by atoms with E-state index in [0.717, 1.165) is 24.9 Å². The number of likely N-dealkylation sites (N-methyl/N-ethyl adjacent to an activating group) is 1. The molecule has 0 radical (unpaired) electrons. The van der Waals surface area contributed by atoms with Gasteiger partial charge in [0.2, 0.25) is 5.91 Å². The monoisotopic (exact) mass is 232 g/mol. The molecule has 1 aliphatic carbocycles. The lowest BCUT2D eigenvalue weighted by Crippen LogP contribution is -2.39. The third kappa shape index (κ3) is 2.67. The number of carbonyl (C=O) groups is 1.